The Morgan fingerprint density at radius 3 is 2.17 bits per heavy atom. The van der Waals surface area contributed by atoms with E-state index in [4.69, 9.17) is 15.6 Å². The van der Waals surface area contributed by atoms with Crippen molar-refractivity contribution in [3.05, 3.63) is 29.8 Å². The van der Waals surface area contributed by atoms with E-state index in [9.17, 15) is 0 Å². The Morgan fingerprint density at radius 1 is 1.50 bits per heavy atom. The molecular weight excluding hydrogens is 174 g/mol. The van der Waals surface area contributed by atoms with E-state index in [1.165, 1.54) is 0 Å². The first-order valence-electron chi connectivity index (χ1n) is 3.27. The molecule has 0 aliphatic carbocycles. The van der Waals surface area contributed by atoms with Gasteiger partial charge in [-0.2, -0.15) is 0 Å². The summed E-state index contributed by atoms with van der Waals surface area (Å²) in [4.78, 5) is 8.86. The van der Waals surface area contributed by atoms with Crippen molar-refractivity contribution >= 4 is 23.6 Å². The summed E-state index contributed by atoms with van der Waals surface area (Å²) in [6.45, 7) is 2.00. The second kappa shape index (κ2) is 5.49. The molecule has 0 aliphatic heterocycles. The maximum Gasteiger partial charge on any atom is 0.361 e. The van der Waals surface area contributed by atoms with Crippen LogP contribution in [0.3, 0.4) is 0 Å². The largest absolute Gasteiger partial charge is 0.473 e. The smallest absolute Gasteiger partial charge is 0.361 e. The van der Waals surface area contributed by atoms with Crippen LogP contribution in [0.2, 0.25) is 0 Å². The molecule has 0 heterocycles. The molecule has 0 saturated heterocycles. The molecule has 1 rings (SSSR count). The SMILES string of the molecule is Cc1ccccc1N.O=C(O)S. The fraction of sp³-hybridized carbons (Fsp3) is 0.125. The predicted octanol–water partition coefficient (Wildman–Crippen LogP) is 2.17. The van der Waals surface area contributed by atoms with Crippen molar-refractivity contribution in [3.8, 4) is 0 Å². The Hall–Kier alpha value is -1.16. The predicted molar refractivity (Wildman–Crippen MR) is 52.6 cm³/mol. The number of para-hydroxylation sites is 1. The van der Waals surface area contributed by atoms with Crippen molar-refractivity contribution in [3.63, 3.8) is 0 Å². The molecule has 0 fully saturated rings. The van der Waals surface area contributed by atoms with Crippen LogP contribution in [0, 0.1) is 6.92 Å². The van der Waals surface area contributed by atoms with Crippen molar-refractivity contribution in [2.75, 3.05) is 5.73 Å². The number of anilines is 1. The van der Waals surface area contributed by atoms with Crippen molar-refractivity contribution in [2.45, 2.75) is 6.92 Å². The minimum atomic E-state index is -1.14. The summed E-state index contributed by atoms with van der Waals surface area (Å²) in [5.41, 5.74) is 7.53. The van der Waals surface area contributed by atoms with E-state index in [1.807, 2.05) is 31.2 Å². The van der Waals surface area contributed by atoms with E-state index in [1.54, 1.807) is 0 Å². The second-order valence-corrected chi connectivity index (χ2v) is 2.52. The van der Waals surface area contributed by atoms with Crippen LogP contribution in [0.4, 0.5) is 10.5 Å². The van der Waals surface area contributed by atoms with Gasteiger partial charge in [0.15, 0.2) is 0 Å². The molecule has 0 aromatic heterocycles. The van der Waals surface area contributed by atoms with Gasteiger partial charge in [0.2, 0.25) is 0 Å². The Kier molecular flexibility index (Phi) is 4.96. The fourth-order valence-electron chi connectivity index (χ4n) is 0.587. The van der Waals surface area contributed by atoms with Crippen LogP contribution in [0.25, 0.3) is 0 Å². The number of carboxylic acid groups (broad SMARTS) is 1. The number of rotatable bonds is 0. The summed E-state index contributed by atoms with van der Waals surface area (Å²) in [7, 11) is 0. The highest BCUT2D eigenvalue weighted by molar-refractivity contribution is 7.96. The molecule has 3 nitrogen and oxygen atoms in total. The zero-order valence-electron chi connectivity index (χ0n) is 6.69. The average molecular weight is 185 g/mol. The quantitative estimate of drug-likeness (QED) is 0.428. The van der Waals surface area contributed by atoms with Crippen molar-refractivity contribution in [1.29, 1.82) is 0 Å². The van der Waals surface area contributed by atoms with E-state index < -0.39 is 5.30 Å². The number of nitrogen functional groups attached to an aromatic ring is 1. The standard InChI is InChI=1S/C7H9N.CH2O2S/c1-6-4-2-3-5-7(6)8;2-1(3)4/h2-5H,8H2,1H3;4H,(H,2,3). The molecule has 0 aliphatic rings. The summed E-state index contributed by atoms with van der Waals surface area (Å²) in [6, 6.07) is 7.80. The first kappa shape index (κ1) is 10.8. The first-order chi connectivity index (χ1) is 5.54. The zero-order chi connectivity index (χ0) is 9.56. The molecule has 0 bridgehead atoms. The molecule has 1 aromatic carbocycles. The summed E-state index contributed by atoms with van der Waals surface area (Å²) in [5, 5.41) is 6.14. The molecule has 0 saturated carbocycles. The van der Waals surface area contributed by atoms with Gasteiger partial charge in [-0.1, -0.05) is 30.8 Å². The lowest BCUT2D eigenvalue weighted by Crippen LogP contribution is -1.85. The van der Waals surface area contributed by atoms with Gasteiger partial charge >= 0.3 is 5.30 Å². The highest BCUT2D eigenvalue weighted by Crippen LogP contribution is 2.06. The van der Waals surface area contributed by atoms with Crippen LogP contribution in [-0.2, 0) is 0 Å². The lowest BCUT2D eigenvalue weighted by Gasteiger charge is -1.93. The molecule has 12 heavy (non-hydrogen) atoms. The lowest BCUT2D eigenvalue weighted by molar-refractivity contribution is 0.222. The molecule has 4 heteroatoms. The minimum Gasteiger partial charge on any atom is -0.473 e. The van der Waals surface area contributed by atoms with Gasteiger partial charge < -0.3 is 10.8 Å². The van der Waals surface area contributed by atoms with E-state index in [2.05, 4.69) is 12.6 Å². The molecule has 0 spiro atoms. The number of thiol groups is 1. The maximum atomic E-state index is 8.86. The molecular formula is C8H11NO2S. The number of carbonyl (C=O) groups is 1. The highest BCUT2D eigenvalue weighted by atomic mass is 32.1. The Balaban J connectivity index is 0.000000261. The minimum absolute atomic E-state index is 0.868. The van der Waals surface area contributed by atoms with Crippen LogP contribution in [0.1, 0.15) is 5.56 Å². The van der Waals surface area contributed by atoms with Gasteiger partial charge in [0.25, 0.3) is 0 Å². The van der Waals surface area contributed by atoms with Gasteiger partial charge in [-0.15, -0.1) is 0 Å². The summed E-state index contributed by atoms with van der Waals surface area (Å²) >= 11 is 2.88. The summed E-state index contributed by atoms with van der Waals surface area (Å²) < 4.78 is 0. The van der Waals surface area contributed by atoms with Crippen molar-refractivity contribution in [2.24, 2.45) is 0 Å². The Bertz CT molecular complexity index is 238. The molecule has 0 radical (unpaired) electrons. The monoisotopic (exact) mass is 185 g/mol. The molecule has 66 valence electrons. The number of nitrogens with two attached hydrogens (primary N) is 1. The van der Waals surface area contributed by atoms with Gasteiger partial charge in [-0.25, -0.2) is 4.79 Å². The van der Waals surface area contributed by atoms with Crippen molar-refractivity contribution < 1.29 is 9.90 Å². The summed E-state index contributed by atoms with van der Waals surface area (Å²) in [6.07, 6.45) is 0. The van der Waals surface area contributed by atoms with Gasteiger partial charge in [0, 0.05) is 5.69 Å². The van der Waals surface area contributed by atoms with Gasteiger partial charge in [-0.05, 0) is 18.6 Å². The average Bonchev–Trinajstić information content (AvgIpc) is 1.94. The Morgan fingerprint density at radius 2 is 1.92 bits per heavy atom. The van der Waals surface area contributed by atoms with Crippen LogP contribution in [0.5, 0.6) is 0 Å². The number of aryl methyl sites for hydroxylation is 1. The third-order valence-corrected chi connectivity index (χ3v) is 1.19. The molecule has 0 amide bonds. The normalized spacial score (nSPS) is 8.17. The second-order valence-electron chi connectivity index (χ2n) is 2.14. The topological polar surface area (TPSA) is 63.3 Å². The van der Waals surface area contributed by atoms with Crippen LogP contribution in [0.15, 0.2) is 24.3 Å². The molecule has 0 atom stereocenters. The molecule has 3 N–H and O–H groups in total. The zero-order valence-corrected chi connectivity index (χ0v) is 7.58. The van der Waals surface area contributed by atoms with Crippen LogP contribution in [-0.4, -0.2) is 10.4 Å². The number of hydrogen-bond acceptors (Lipinski definition) is 2. The van der Waals surface area contributed by atoms with Gasteiger partial charge in [0.05, 0.1) is 0 Å². The van der Waals surface area contributed by atoms with E-state index >= 15 is 0 Å². The number of hydrogen-bond donors (Lipinski definition) is 3. The first-order valence-corrected chi connectivity index (χ1v) is 3.71. The van der Waals surface area contributed by atoms with Crippen LogP contribution < -0.4 is 5.73 Å². The number of benzene rings is 1. The maximum absolute atomic E-state index is 8.86. The third-order valence-electron chi connectivity index (χ3n) is 1.19. The molecule has 0 unspecified atom stereocenters. The summed E-state index contributed by atoms with van der Waals surface area (Å²) in [5.74, 6) is 0. The van der Waals surface area contributed by atoms with Crippen molar-refractivity contribution in [1.82, 2.24) is 0 Å². The van der Waals surface area contributed by atoms with E-state index in [-0.39, 0.29) is 0 Å². The van der Waals surface area contributed by atoms with Crippen LogP contribution >= 0.6 is 12.6 Å². The third kappa shape index (κ3) is 5.61. The lowest BCUT2D eigenvalue weighted by atomic mass is 10.2. The Labute approximate surface area is 76.6 Å². The van der Waals surface area contributed by atoms with E-state index in [0.29, 0.717) is 0 Å². The van der Waals surface area contributed by atoms with Gasteiger partial charge in [0.1, 0.15) is 0 Å². The highest BCUT2D eigenvalue weighted by Gasteiger charge is 1.84. The fourth-order valence-corrected chi connectivity index (χ4v) is 0.587. The molecule has 1 aromatic rings. The van der Waals surface area contributed by atoms with Gasteiger partial charge in [-0.3, -0.25) is 0 Å². The van der Waals surface area contributed by atoms with E-state index in [0.717, 1.165) is 11.3 Å².